The monoisotopic (exact) mass is 325 g/mol. The van der Waals surface area contributed by atoms with Crippen LogP contribution < -0.4 is 0 Å². The molecular formula is C18H22F3NO. The second-order valence-electron chi connectivity index (χ2n) is 6.43. The van der Waals surface area contributed by atoms with E-state index in [9.17, 15) is 13.2 Å². The van der Waals surface area contributed by atoms with Crippen LogP contribution in [0.5, 0.6) is 0 Å². The number of hydrogen-bond acceptors (Lipinski definition) is 2. The smallest absolute Gasteiger partial charge is 0.395 e. The Bertz CT molecular complexity index is 549. The van der Waals surface area contributed by atoms with E-state index in [0.717, 1.165) is 32.4 Å². The lowest BCUT2D eigenvalue weighted by atomic mass is 9.87. The van der Waals surface area contributed by atoms with Crippen molar-refractivity contribution in [2.24, 2.45) is 11.8 Å². The normalized spacial score (nSPS) is 29.7. The molecule has 3 rings (SSSR count). The Morgan fingerprint density at radius 3 is 2.30 bits per heavy atom. The van der Waals surface area contributed by atoms with Crippen LogP contribution in [0, 0.1) is 11.8 Å². The Balaban J connectivity index is 1.92. The summed E-state index contributed by atoms with van der Waals surface area (Å²) in [5.41, 5.74) is 0.704. The fourth-order valence-electron chi connectivity index (χ4n) is 3.51. The molecule has 0 amide bonds. The number of rotatable bonds is 2. The lowest BCUT2D eigenvalue weighted by Crippen LogP contribution is -2.50. The molecule has 1 fully saturated rings. The lowest BCUT2D eigenvalue weighted by molar-refractivity contribution is -0.198. The summed E-state index contributed by atoms with van der Waals surface area (Å²) in [6.07, 6.45) is -0.331. The maximum Gasteiger partial charge on any atom is 0.395 e. The highest BCUT2D eigenvalue weighted by molar-refractivity contribution is 5.61. The average Bonchev–Trinajstić information content (AvgIpc) is 2.55. The Kier molecular flexibility index (Phi) is 4.67. The van der Waals surface area contributed by atoms with Crippen LogP contribution in [0.3, 0.4) is 0 Å². The van der Waals surface area contributed by atoms with Crippen molar-refractivity contribution in [3.63, 3.8) is 0 Å². The minimum atomic E-state index is -4.25. The molecule has 0 N–H and O–H groups in total. The molecule has 0 unspecified atom stereocenters. The van der Waals surface area contributed by atoms with E-state index in [1.807, 2.05) is 18.2 Å². The summed E-state index contributed by atoms with van der Waals surface area (Å²) in [5, 5.41) is 0. The average molecular weight is 325 g/mol. The first-order chi connectivity index (χ1) is 11.0. The Hall–Kier alpha value is -1.49. The first-order valence-electron chi connectivity index (χ1n) is 8.21. The fraction of sp³-hybridized carbons (Fsp3) is 0.556. The Morgan fingerprint density at radius 1 is 1.04 bits per heavy atom. The summed E-state index contributed by atoms with van der Waals surface area (Å²) in [4.78, 5) is 2.07. The number of nitrogens with zero attached hydrogens (tertiary/aromatic N) is 1. The van der Waals surface area contributed by atoms with E-state index in [2.05, 4.69) is 4.90 Å². The molecule has 126 valence electrons. The minimum absolute atomic E-state index is 0.349. The van der Waals surface area contributed by atoms with Gasteiger partial charge in [0.05, 0.1) is 5.92 Å². The van der Waals surface area contributed by atoms with Gasteiger partial charge in [-0.15, -0.1) is 0 Å². The van der Waals surface area contributed by atoms with E-state index in [1.54, 1.807) is 19.1 Å². The summed E-state index contributed by atoms with van der Waals surface area (Å²) in [5.74, 6) is -1.74. The number of benzene rings is 1. The van der Waals surface area contributed by atoms with Crippen molar-refractivity contribution in [2.75, 3.05) is 13.1 Å². The van der Waals surface area contributed by atoms with E-state index in [-0.39, 0.29) is 0 Å². The Labute approximate surface area is 134 Å². The highest BCUT2D eigenvalue weighted by atomic mass is 19.4. The predicted octanol–water partition coefficient (Wildman–Crippen LogP) is 4.68. The summed E-state index contributed by atoms with van der Waals surface area (Å²) in [6, 6.07) is 9.07. The van der Waals surface area contributed by atoms with Gasteiger partial charge in [0.15, 0.2) is 6.23 Å². The number of likely N-dealkylation sites (tertiary alicyclic amines) is 1. The molecule has 3 atom stereocenters. The largest absolute Gasteiger partial charge is 0.475 e. The lowest BCUT2D eigenvalue weighted by Gasteiger charge is -2.43. The summed E-state index contributed by atoms with van der Waals surface area (Å²) in [7, 11) is 0. The second-order valence-corrected chi connectivity index (χ2v) is 6.43. The van der Waals surface area contributed by atoms with Gasteiger partial charge in [0.2, 0.25) is 0 Å². The molecule has 0 aromatic heterocycles. The van der Waals surface area contributed by atoms with E-state index in [1.165, 1.54) is 6.08 Å². The van der Waals surface area contributed by atoms with Gasteiger partial charge in [-0.1, -0.05) is 43.7 Å². The van der Waals surface area contributed by atoms with Crippen LogP contribution in [-0.2, 0) is 4.74 Å². The molecule has 2 nitrogen and oxygen atoms in total. The number of ether oxygens (including phenoxy) is 1. The molecule has 0 spiro atoms. The molecule has 2 aliphatic rings. The molecule has 2 heterocycles. The number of alkyl halides is 3. The van der Waals surface area contributed by atoms with Gasteiger partial charge in [0, 0.05) is 24.6 Å². The third-order valence-corrected chi connectivity index (χ3v) is 4.78. The second kappa shape index (κ2) is 6.56. The molecule has 0 aliphatic carbocycles. The van der Waals surface area contributed by atoms with Crippen molar-refractivity contribution < 1.29 is 17.9 Å². The first-order valence-corrected chi connectivity index (χ1v) is 8.21. The van der Waals surface area contributed by atoms with Crippen LogP contribution >= 0.6 is 0 Å². The van der Waals surface area contributed by atoms with Gasteiger partial charge in [0.1, 0.15) is 5.76 Å². The zero-order valence-corrected chi connectivity index (χ0v) is 13.2. The molecule has 1 aromatic carbocycles. The molecular weight excluding hydrogens is 303 g/mol. The predicted molar refractivity (Wildman–Crippen MR) is 83.4 cm³/mol. The van der Waals surface area contributed by atoms with Gasteiger partial charge < -0.3 is 4.74 Å². The van der Waals surface area contributed by atoms with Gasteiger partial charge in [-0.2, -0.15) is 13.2 Å². The Morgan fingerprint density at radius 2 is 1.70 bits per heavy atom. The third kappa shape index (κ3) is 3.55. The fourth-order valence-corrected chi connectivity index (χ4v) is 3.51. The van der Waals surface area contributed by atoms with Crippen LogP contribution in [0.25, 0.3) is 5.76 Å². The van der Waals surface area contributed by atoms with E-state index < -0.39 is 24.2 Å². The number of hydrogen-bond donors (Lipinski definition) is 0. The molecule has 1 saturated heterocycles. The molecule has 0 bridgehead atoms. The van der Waals surface area contributed by atoms with Crippen LogP contribution in [0.2, 0.25) is 0 Å². The molecule has 1 aromatic rings. The molecule has 2 aliphatic heterocycles. The van der Waals surface area contributed by atoms with Crippen LogP contribution in [-0.4, -0.2) is 30.4 Å². The van der Waals surface area contributed by atoms with Gasteiger partial charge >= 0.3 is 6.18 Å². The van der Waals surface area contributed by atoms with Crippen molar-refractivity contribution >= 4 is 5.76 Å². The van der Waals surface area contributed by atoms with Gasteiger partial charge in [0.25, 0.3) is 0 Å². The summed E-state index contributed by atoms with van der Waals surface area (Å²) >= 11 is 0. The molecule has 0 saturated carbocycles. The number of halogens is 3. The van der Waals surface area contributed by atoms with Crippen molar-refractivity contribution in [2.45, 2.75) is 38.6 Å². The van der Waals surface area contributed by atoms with E-state index in [0.29, 0.717) is 11.3 Å². The standard InChI is InChI=1S/C18H22F3NO/c1-13-15(18(19,20)21)12-16(14-8-4-2-5-9-14)23-17(13)22-10-6-3-7-11-22/h2,4-5,8-9,12-13,15,17H,3,6-7,10-11H2,1H3/t13-,15+,17-/m0/s1. The maximum atomic E-state index is 13.5. The van der Waals surface area contributed by atoms with Crippen molar-refractivity contribution in [1.29, 1.82) is 0 Å². The van der Waals surface area contributed by atoms with E-state index in [4.69, 9.17) is 4.74 Å². The van der Waals surface area contributed by atoms with Crippen molar-refractivity contribution in [3.05, 3.63) is 42.0 Å². The summed E-state index contributed by atoms with van der Waals surface area (Å²) < 4.78 is 46.5. The van der Waals surface area contributed by atoms with E-state index >= 15 is 0 Å². The van der Waals surface area contributed by atoms with Gasteiger partial charge in [-0.05, 0) is 18.9 Å². The minimum Gasteiger partial charge on any atom is -0.475 e. The summed E-state index contributed by atoms with van der Waals surface area (Å²) in [6.45, 7) is 3.26. The highest BCUT2D eigenvalue weighted by Gasteiger charge is 2.49. The maximum absolute atomic E-state index is 13.5. The van der Waals surface area contributed by atoms with Crippen LogP contribution in [0.15, 0.2) is 36.4 Å². The topological polar surface area (TPSA) is 12.5 Å². The zero-order valence-electron chi connectivity index (χ0n) is 13.2. The molecule has 0 radical (unpaired) electrons. The van der Waals surface area contributed by atoms with Gasteiger partial charge in [-0.3, -0.25) is 4.90 Å². The SMILES string of the molecule is C[C@H]1[C@H](C(F)(F)F)C=C(c2ccccc2)O[C@@H]1N1CCCCC1. The third-order valence-electron chi connectivity index (χ3n) is 4.78. The number of allylic oxidation sites excluding steroid dienone is 1. The van der Waals surface area contributed by atoms with Crippen LogP contribution in [0.4, 0.5) is 13.2 Å². The van der Waals surface area contributed by atoms with Crippen LogP contribution in [0.1, 0.15) is 31.7 Å². The molecule has 23 heavy (non-hydrogen) atoms. The zero-order chi connectivity index (χ0) is 16.4. The highest BCUT2D eigenvalue weighted by Crippen LogP contribution is 2.43. The quantitative estimate of drug-likeness (QED) is 0.782. The van der Waals surface area contributed by atoms with Gasteiger partial charge in [-0.25, -0.2) is 0 Å². The van der Waals surface area contributed by atoms with Crippen molar-refractivity contribution in [1.82, 2.24) is 4.90 Å². The molecule has 5 heteroatoms. The van der Waals surface area contributed by atoms with Crippen molar-refractivity contribution in [3.8, 4) is 0 Å². The first kappa shape index (κ1) is 16.4. The number of piperidine rings is 1.